The number of hydrogen-bond acceptors (Lipinski definition) is 3. The van der Waals surface area contributed by atoms with Crippen LogP contribution in [0.4, 0.5) is 0 Å². The zero-order valence-corrected chi connectivity index (χ0v) is 14.9. The van der Waals surface area contributed by atoms with Gasteiger partial charge in [0, 0.05) is 5.56 Å². The molecule has 0 saturated heterocycles. The van der Waals surface area contributed by atoms with Gasteiger partial charge in [0.05, 0.1) is 5.56 Å². The summed E-state index contributed by atoms with van der Waals surface area (Å²) in [5, 5.41) is 0. The van der Waals surface area contributed by atoms with Crippen molar-refractivity contribution in [2.45, 2.75) is 13.5 Å². The third-order valence-electron chi connectivity index (χ3n) is 3.97. The van der Waals surface area contributed by atoms with Gasteiger partial charge >= 0.3 is 0 Å². The van der Waals surface area contributed by atoms with Crippen molar-refractivity contribution >= 4 is 11.8 Å². The lowest BCUT2D eigenvalue weighted by Gasteiger charge is -2.12. The average molecular weight is 360 g/mol. The quantitative estimate of drug-likeness (QED) is 0.683. The van der Waals surface area contributed by atoms with E-state index in [1.807, 2.05) is 49.4 Å². The number of carbonyl (C=O) groups is 2. The van der Waals surface area contributed by atoms with Crippen LogP contribution in [0.25, 0.3) is 0 Å². The number of aryl methyl sites for hydroxylation is 1. The van der Waals surface area contributed by atoms with Crippen molar-refractivity contribution in [3.8, 4) is 5.75 Å². The maximum atomic E-state index is 12.5. The summed E-state index contributed by atoms with van der Waals surface area (Å²) in [6.45, 7) is 2.29. The fourth-order valence-corrected chi connectivity index (χ4v) is 2.47. The minimum Gasteiger partial charge on any atom is -0.488 e. The Hall–Kier alpha value is -3.60. The van der Waals surface area contributed by atoms with Crippen LogP contribution >= 0.6 is 0 Å². The molecular weight excluding hydrogens is 340 g/mol. The lowest BCUT2D eigenvalue weighted by atomic mass is 10.1. The summed E-state index contributed by atoms with van der Waals surface area (Å²) >= 11 is 0. The lowest BCUT2D eigenvalue weighted by molar-refractivity contribution is 0.0844. The summed E-state index contributed by atoms with van der Waals surface area (Å²) in [4.78, 5) is 24.6. The van der Waals surface area contributed by atoms with Crippen LogP contribution in [0.1, 0.15) is 31.8 Å². The molecule has 0 spiro atoms. The van der Waals surface area contributed by atoms with Gasteiger partial charge in [0.25, 0.3) is 11.8 Å². The highest BCUT2D eigenvalue weighted by atomic mass is 16.5. The Kier molecular flexibility index (Phi) is 5.84. The normalized spacial score (nSPS) is 10.1. The molecule has 0 bridgehead atoms. The van der Waals surface area contributed by atoms with Crippen molar-refractivity contribution in [1.82, 2.24) is 10.9 Å². The largest absolute Gasteiger partial charge is 0.488 e. The second-order valence-electron chi connectivity index (χ2n) is 6.04. The van der Waals surface area contributed by atoms with Crippen LogP contribution in [0.15, 0.2) is 78.9 Å². The fourth-order valence-electron chi connectivity index (χ4n) is 2.47. The summed E-state index contributed by atoms with van der Waals surface area (Å²) in [6.07, 6.45) is 0. The first-order valence-corrected chi connectivity index (χ1v) is 8.56. The molecule has 0 aliphatic rings. The molecule has 3 rings (SSSR count). The monoisotopic (exact) mass is 360 g/mol. The molecule has 0 atom stereocenters. The zero-order chi connectivity index (χ0) is 19.1. The fraction of sp³-hybridized carbons (Fsp3) is 0.0909. The number of nitrogens with one attached hydrogen (secondary N) is 2. The molecule has 0 saturated carbocycles. The molecule has 136 valence electrons. The second-order valence-corrected chi connectivity index (χ2v) is 6.04. The first-order valence-electron chi connectivity index (χ1n) is 8.56. The first-order chi connectivity index (χ1) is 13.1. The van der Waals surface area contributed by atoms with E-state index < -0.39 is 5.91 Å². The maximum absolute atomic E-state index is 12.5. The number of para-hydroxylation sites is 1. The van der Waals surface area contributed by atoms with Crippen LogP contribution in [0.5, 0.6) is 5.75 Å². The lowest BCUT2D eigenvalue weighted by Crippen LogP contribution is -2.41. The summed E-state index contributed by atoms with van der Waals surface area (Å²) in [5.74, 6) is -0.381. The van der Waals surface area contributed by atoms with Gasteiger partial charge in [0.1, 0.15) is 12.4 Å². The summed E-state index contributed by atoms with van der Waals surface area (Å²) in [6, 6.07) is 23.7. The Morgan fingerprint density at radius 3 is 2.15 bits per heavy atom. The van der Waals surface area contributed by atoms with Crippen molar-refractivity contribution < 1.29 is 14.3 Å². The topological polar surface area (TPSA) is 67.4 Å². The molecule has 5 nitrogen and oxygen atoms in total. The molecule has 0 aliphatic heterocycles. The molecule has 5 heteroatoms. The number of rotatable bonds is 5. The Bertz CT molecular complexity index is 922. The van der Waals surface area contributed by atoms with E-state index in [4.69, 9.17) is 4.74 Å². The van der Waals surface area contributed by atoms with Crippen molar-refractivity contribution in [3.05, 3.63) is 101 Å². The number of benzene rings is 3. The molecule has 0 fully saturated rings. The van der Waals surface area contributed by atoms with Gasteiger partial charge in [0.15, 0.2) is 0 Å². The van der Waals surface area contributed by atoms with E-state index in [1.165, 1.54) is 0 Å². The van der Waals surface area contributed by atoms with Gasteiger partial charge in [-0.3, -0.25) is 20.4 Å². The molecule has 3 aromatic carbocycles. The Labute approximate surface area is 158 Å². The van der Waals surface area contributed by atoms with Crippen molar-refractivity contribution in [2.24, 2.45) is 0 Å². The summed E-state index contributed by atoms with van der Waals surface area (Å²) < 4.78 is 5.78. The molecule has 0 aromatic heterocycles. The van der Waals surface area contributed by atoms with Gasteiger partial charge in [-0.25, -0.2) is 0 Å². The van der Waals surface area contributed by atoms with Crippen LogP contribution in [0, 0.1) is 6.92 Å². The molecule has 0 aliphatic carbocycles. The predicted octanol–water partition coefficient (Wildman–Crippen LogP) is 3.65. The van der Waals surface area contributed by atoms with E-state index in [2.05, 4.69) is 10.9 Å². The Balaban J connectivity index is 1.62. The molecule has 0 heterocycles. The third kappa shape index (κ3) is 4.95. The van der Waals surface area contributed by atoms with E-state index in [0.29, 0.717) is 23.5 Å². The van der Waals surface area contributed by atoms with Gasteiger partial charge in [-0.15, -0.1) is 0 Å². The SMILES string of the molecule is Cc1ccc(C(=O)NNC(=O)c2ccccc2OCc2ccccc2)cc1. The van der Waals surface area contributed by atoms with Gasteiger partial charge in [-0.2, -0.15) is 0 Å². The molecular formula is C22H20N2O3. The van der Waals surface area contributed by atoms with E-state index in [1.54, 1.807) is 36.4 Å². The summed E-state index contributed by atoms with van der Waals surface area (Å²) in [5.41, 5.74) is 7.72. The Morgan fingerprint density at radius 2 is 1.41 bits per heavy atom. The number of amides is 2. The Morgan fingerprint density at radius 1 is 0.778 bits per heavy atom. The highest BCUT2D eigenvalue weighted by Gasteiger charge is 2.13. The zero-order valence-electron chi connectivity index (χ0n) is 14.9. The molecule has 2 N–H and O–H groups in total. The summed E-state index contributed by atoms with van der Waals surface area (Å²) in [7, 11) is 0. The predicted molar refractivity (Wildman–Crippen MR) is 103 cm³/mol. The van der Waals surface area contributed by atoms with Crippen molar-refractivity contribution in [2.75, 3.05) is 0 Å². The average Bonchev–Trinajstić information content (AvgIpc) is 2.71. The minimum atomic E-state index is -0.445. The van der Waals surface area contributed by atoms with Crippen LogP contribution < -0.4 is 15.6 Å². The smallest absolute Gasteiger partial charge is 0.273 e. The van der Waals surface area contributed by atoms with Crippen molar-refractivity contribution in [3.63, 3.8) is 0 Å². The molecule has 0 radical (unpaired) electrons. The van der Waals surface area contributed by atoms with Crippen LogP contribution in [-0.2, 0) is 6.61 Å². The molecule has 3 aromatic rings. The highest BCUT2D eigenvalue weighted by molar-refractivity contribution is 6.00. The van der Waals surface area contributed by atoms with E-state index in [0.717, 1.165) is 11.1 Å². The van der Waals surface area contributed by atoms with E-state index >= 15 is 0 Å². The minimum absolute atomic E-state index is 0.345. The second kappa shape index (κ2) is 8.67. The highest BCUT2D eigenvalue weighted by Crippen LogP contribution is 2.19. The maximum Gasteiger partial charge on any atom is 0.273 e. The standard InChI is InChI=1S/C22H20N2O3/c1-16-11-13-18(14-12-16)21(25)23-24-22(26)19-9-5-6-10-20(19)27-15-17-7-3-2-4-8-17/h2-14H,15H2,1H3,(H,23,25)(H,24,26). The number of ether oxygens (including phenoxy) is 1. The van der Waals surface area contributed by atoms with Crippen molar-refractivity contribution in [1.29, 1.82) is 0 Å². The van der Waals surface area contributed by atoms with Gasteiger partial charge in [-0.1, -0.05) is 60.2 Å². The van der Waals surface area contributed by atoms with E-state index in [9.17, 15) is 9.59 Å². The number of hydrogen-bond donors (Lipinski definition) is 2. The number of hydrazine groups is 1. The van der Waals surface area contributed by atoms with Gasteiger partial charge < -0.3 is 4.74 Å². The molecule has 2 amide bonds. The van der Waals surface area contributed by atoms with Crippen LogP contribution in [0.3, 0.4) is 0 Å². The van der Waals surface area contributed by atoms with E-state index in [-0.39, 0.29) is 5.91 Å². The number of carbonyl (C=O) groups excluding carboxylic acids is 2. The first kappa shape index (κ1) is 18.2. The third-order valence-corrected chi connectivity index (χ3v) is 3.97. The van der Waals surface area contributed by atoms with Crippen LogP contribution in [0.2, 0.25) is 0 Å². The van der Waals surface area contributed by atoms with Gasteiger partial charge in [0.2, 0.25) is 0 Å². The van der Waals surface area contributed by atoms with Crippen LogP contribution in [-0.4, -0.2) is 11.8 Å². The van der Waals surface area contributed by atoms with Gasteiger partial charge in [-0.05, 0) is 36.8 Å². The molecule has 0 unspecified atom stereocenters. The molecule has 27 heavy (non-hydrogen) atoms.